The fraction of sp³-hybridized carbons (Fsp3) is 0.875. The van der Waals surface area contributed by atoms with Gasteiger partial charge < -0.3 is 4.84 Å². The van der Waals surface area contributed by atoms with Crippen LogP contribution in [0.1, 0.15) is 32.6 Å². The molecular weight excluding hydrogens is 126 g/mol. The van der Waals surface area contributed by atoms with Crippen LogP contribution in [0.15, 0.2) is 5.16 Å². The fourth-order valence-electron chi connectivity index (χ4n) is 1.96. The second-order valence-electron chi connectivity index (χ2n) is 3.12. The Labute approximate surface area is 61.2 Å². The largest absolute Gasteiger partial charge is 0.392 e. The minimum Gasteiger partial charge on any atom is -0.392 e. The van der Waals surface area contributed by atoms with E-state index in [0.29, 0.717) is 12.0 Å². The lowest BCUT2D eigenvalue weighted by molar-refractivity contribution is 0.0746. The molecule has 10 heavy (non-hydrogen) atoms. The van der Waals surface area contributed by atoms with Gasteiger partial charge in [-0.05, 0) is 25.7 Å². The molecule has 0 radical (unpaired) electrons. The summed E-state index contributed by atoms with van der Waals surface area (Å²) in [5.41, 5.74) is 1.29. The van der Waals surface area contributed by atoms with Crippen molar-refractivity contribution in [2.75, 3.05) is 0 Å². The summed E-state index contributed by atoms with van der Waals surface area (Å²) in [5.74, 6) is 0.685. The van der Waals surface area contributed by atoms with E-state index in [9.17, 15) is 0 Å². The van der Waals surface area contributed by atoms with Crippen LogP contribution in [0.4, 0.5) is 0 Å². The van der Waals surface area contributed by atoms with Crippen LogP contribution >= 0.6 is 0 Å². The van der Waals surface area contributed by atoms with Gasteiger partial charge in [-0.3, -0.25) is 0 Å². The molecule has 0 spiro atoms. The van der Waals surface area contributed by atoms with Crippen molar-refractivity contribution in [1.29, 1.82) is 0 Å². The van der Waals surface area contributed by atoms with Crippen molar-refractivity contribution < 1.29 is 4.84 Å². The molecule has 1 fully saturated rings. The number of fused-ring (bicyclic) bond motifs is 1. The molecule has 2 unspecified atom stereocenters. The van der Waals surface area contributed by atoms with Crippen LogP contribution in [-0.4, -0.2) is 11.8 Å². The van der Waals surface area contributed by atoms with Crippen LogP contribution in [0.25, 0.3) is 0 Å². The fourth-order valence-corrected chi connectivity index (χ4v) is 1.96. The van der Waals surface area contributed by atoms with Gasteiger partial charge in [-0.25, -0.2) is 0 Å². The van der Waals surface area contributed by atoms with E-state index in [0.717, 1.165) is 6.42 Å². The molecule has 56 valence electrons. The minimum absolute atomic E-state index is 0.454. The molecule has 0 aromatic heterocycles. The predicted octanol–water partition coefficient (Wildman–Crippen LogP) is 1.95. The van der Waals surface area contributed by atoms with E-state index in [4.69, 9.17) is 4.84 Å². The van der Waals surface area contributed by atoms with Gasteiger partial charge in [0.15, 0.2) is 0 Å². The molecule has 2 aliphatic rings. The third-order valence-electron chi connectivity index (χ3n) is 2.55. The molecule has 0 aromatic carbocycles. The van der Waals surface area contributed by atoms with Crippen LogP contribution < -0.4 is 0 Å². The number of rotatable bonds is 1. The van der Waals surface area contributed by atoms with E-state index in [1.165, 1.54) is 25.0 Å². The maximum Gasteiger partial charge on any atom is 0.135 e. The summed E-state index contributed by atoms with van der Waals surface area (Å²) in [6, 6.07) is 0. The average Bonchev–Trinajstić information content (AvgIpc) is 2.44. The average molecular weight is 139 g/mol. The SMILES string of the molecule is CCC1=NOC2CCCC12. The summed E-state index contributed by atoms with van der Waals surface area (Å²) in [7, 11) is 0. The van der Waals surface area contributed by atoms with Crippen molar-refractivity contribution in [3.05, 3.63) is 0 Å². The standard InChI is InChI=1S/C8H13NO/c1-2-7-6-4-3-5-8(6)10-9-7/h6,8H,2-5H2,1H3. The molecule has 0 bridgehead atoms. The summed E-state index contributed by atoms with van der Waals surface area (Å²) in [5, 5.41) is 4.06. The Kier molecular flexibility index (Phi) is 1.40. The van der Waals surface area contributed by atoms with Crippen molar-refractivity contribution in [2.45, 2.75) is 38.7 Å². The lowest BCUT2D eigenvalue weighted by Gasteiger charge is -2.05. The smallest absolute Gasteiger partial charge is 0.135 e. The topological polar surface area (TPSA) is 21.6 Å². The predicted molar refractivity (Wildman–Crippen MR) is 39.9 cm³/mol. The van der Waals surface area contributed by atoms with E-state index in [1.54, 1.807) is 0 Å². The molecule has 0 aromatic rings. The van der Waals surface area contributed by atoms with E-state index in [1.807, 2.05) is 0 Å². The first-order valence-electron chi connectivity index (χ1n) is 4.14. The van der Waals surface area contributed by atoms with Crippen LogP contribution in [0.3, 0.4) is 0 Å². The molecule has 2 nitrogen and oxygen atoms in total. The molecule has 1 saturated carbocycles. The zero-order valence-corrected chi connectivity index (χ0v) is 6.34. The summed E-state index contributed by atoms with van der Waals surface area (Å²) < 4.78 is 0. The lowest BCUT2D eigenvalue weighted by atomic mass is 9.99. The number of hydrogen-bond donors (Lipinski definition) is 0. The van der Waals surface area contributed by atoms with Crippen molar-refractivity contribution in [1.82, 2.24) is 0 Å². The summed E-state index contributed by atoms with van der Waals surface area (Å²) in [6.45, 7) is 2.16. The minimum atomic E-state index is 0.454. The quantitative estimate of drug-likeness (QED) is 0.544. The maximum absolute atomic E-state index is 5.27. The second-order valence-corrected chi connectivity index (χ2v) is 3.12. The molecule has 0 amide bonds. The normalized spacial score (nSPS) is 37.1. The zero-order chi connectivity index (χ0) is 6.97. The highest BCUT2D eigenvalue weighted by Gasteiger charge is 2.36. The van der Waals surface area contributed by atoms with Crippen molar-refractivity contribution in [3.63, 3.8) is 0 Å². The van der Waals surface area contributed by atoms with Gasteiger partial charge in [0.25, 0.3) is 0 Å². The van der Waals surface area contributed by atoms with Gasteiger partial charge in [0, 0.05) is 5.92 Å². The van der Waals surface area contributed by atoms with Gasteiger partial charge in [0.2, 0.25) is 0 Å². The zero-order valence-electron chi connectivity index (χ0n) is 6.34. The van der Waals surface area contributed by atoms with Crippen molar-refractivity contribution in [2.24, 2.45) is 11.1 Å². The first-order valence-corrected chi connectivity index (χ1v) is 4.14. The Morgan fingerprint density at radius 2 is 2.50 bits per heavy atom. The summed E-state index contributed by atoms with van der Waals surface area (Å²) in [4.78, 5) is 5.27. The Hall–Kier alpha value is -0.530. The first-order chi connectivity index (χ1) is 4.92. The van der Waals surface area contributed by atoms with Gasteiger partial charge in [-0.1, -0.05) is 12.1 Å². The van der Waals surface area contributed by atoms with E-state index >= 15 is 0 Å². The van der Waals surface area contributed by atoms with Crippen LogP contribution in [-0.2, 0) is 4.84 Å². The highest BCUT2D eigenvalue weighted by Crippen LogP contribution is 2.34. The van der Waals surface area contributed by atoms with Gasteiger partial charge in [-0.15, -0.1) is 0 Å². The van der Waals surface area contributed by atoms with Crippen molar-refractivity contribution in [3.8, 4) is 0 Å². The van der Waals surface area contributed by atoms with Gasteiger partial charge in [-0.2, -0.15) is 0 Å². The van der Waals surface area contributed by atoms with Crippen LogP contribution in [0, 0.1) is 5.92 Å². The molecule has 2 rings (SSSR count). The number of oxime groups is 1. The first kappa shape index (κ1) is 6.20. The van der Waals surface area contributed by atoms with Gasteiger partial charge in [0.1, 0.15) is 6.10 Å². The Balaban J connectivity index is 2.10. The Morgan fingerprint density at radius 1 is 1.60 bits per heavy atom. The molecule has 1 aliphatic heterocycles. The van der Waals surface area contributed by atoms with Gasteiger partial charge in [0.05, 0.1) is 5.71 Å². The molecule has 1 aliphatic carbocycles. The molecule has 0 saturated heterocycles. The number of nitrogens with zero attached hydrogens (tertiary/aromatic N) is 1. The monoisotopic (exact) mass is 139 g/mol. The summed E-state index contributed by atoms with van der Waals surface area (Å²) >= 11 is 0. The molecule has 0 N–H and O–H groups in total. The Bertz CT molecular complexity index is 165. The third-order valence-corrected chi connectivity index (χ3v) is 2.55. The molecular formula is C8H13NO. The highest BCUT2D eigenvalue weighted by atomic mass is 16.6. The van der Waals surface area contributed by atoms with E-state index < -0.39 is 0 Å². The molecule has 2 heteroatoms. The molecule has 1 heterocycles. The van der Waals surface area contributed by atoms with Crippen LogP contribution in [0.2, 0.25) is 0 Å². The Morgan fingerprint density at radius 3 is 3.30 bits per heavy atom. The van der Waals surface area contributed by atoms with E-state index in [-0.39, 0.29) is 0 Å². The van der Waals surface area contributed by atoms with E-state index in [2.05, 4.69) is 12.1 Å². The van der Waals surface area contributed by atoms with Gasteiger partial charge >= 0.3 is 0 Å². The highest BCUT2D eigenvalue weighted by molar-refractivity contribution is 5.87. The number of hydrogen-bond acceptors (Lipinski definition) is 2. The molecule has 2 atom stereocenters. The second kappa shape index (κ2) is 2.26. The third kappa shape index (κ3) is 0.746. The summed E-state index contributed by atoms with van der Waals surface area (Å²) in [6.07, 6.45) is 5.37. The maximum atomic E-state index is 5.27. The van der Waals surface area contributed by atoms with Crippen molar-refractivity contribution >= 4 is 5.71 Å². The lowest BCUT2D eigenvalue weighted by Crippen LogP contribution is -2.15. The van der Waals surface area contributed by atoms with Crippen LogP contribution in [0.5, 0.6) is 0 Å².